The lowest BCUT2D eigenvalue weighted by Gasteiger charge is -2.22. The maximum Gasteiger partial charge on any atom is 0.249 e. The molecule has 104 valence electrons. The first-order chi connectivity index (χ1) is 8.95. The van der Waals surface area contributed by atoms with Crippen LogP contribution in [0.5, 0.6) is 0 Å². The van der Waals surface area contributed by atoms with Crippen LogP contribution in [-0.2, 0) is 9.53 Å². The molecule has 0 radical (unpaired) electrons. The number of ether oxygens (including phenoxy) is 1. The van der Waals surface area contributed by atoms with Gasteiger partial charge in [-0.3, -0.25) is 4.79 Å². The predicted molar refractivity (Wildman–Crippen MR) is 77.8 cm³/mol. The molecule has 1 atom stereocenters. The largest absolute Gasteiger partial charge is 0.363 e. The van der Waals surface area contributed by atoms with E-state index >= 15 is 0 Å². The third-order valence-corrected chi connectivity index (χ3v) is 3.12. The average Bonchev–Trinajstić information content (AvgIpc) is 2.33. The average molecular weight is 261 g/mol. The number of benzene rings is 1. The lowest BCUT2D eigenvalue weighted by Crippen LogP contribution is -2.25. The van der Waals surface area contributed by atoms with Crippen LogP contribution < -0.4 is 5.32 Å². The lowest BCUT2D eigenvalue weighted by molar-refractivity contribution is -0.127. The summed E-state index contributed by atoms with van der Waals surface area (Å²) in [5.74, 6) is 0.128. The summed E-state index contributed by atoms with van der Waals surface area (Å²) in [6, 6.07) is 6.29. The van der Waals surface area contributed by atoms with Crippen LogP contribution in [-0.4, -0.2) is 12.5 Å². The summed E-state index contributed by atoms with van der Waals surface area (Å²) < 4.78 is 5.74. The van der Waals surface area contributed by atoms with Crippen molar-refractivity contribution in [3.05, 3.63) is 47.7 Å². The Morgan fingerprint density at radius 3 is 2.58 bits per heavy atom. The zero-order valence-corrected chi connectivity index (χ0v) is 12.2. The molecule has 3 nitrogen and oxygen atoms in total. The van der Waals surface area contributed by atoms with Crippen molar-refractivity contribution in [2.75, 3.05) is 6.61 Å². The Morgan fingerprint density at radius 2 is 2.05 bits per heavy atom. The van der Waals surface area contributed by atoms with Crippen molar-refractivity contribution in [1.82, 2.24) is 5.32 Å². The van der Waals surface area contributed by atoms with Gasteiger partial charge < -0.3 is 10.1 Å². The molecule has 0 bridgehead atoms. The minimum atomic E-state index is -0.176. The highest BCUT2D eigenvalue weighted by atomic mass is 16.5. The molecule has 0 heterocycles. The van der Waals surface area contributed by atoms with E-state index in [4.69, 9.17) is 4.74 Å². The van der Waals surface area contributed by atoms with Crippen molar-refractivity contribution in [1.29, 1.82) is 0 Å². The van der Waals surface area contributed by atoms with Gasteiger partial charge in [0.2, 0.25) is 5.91 Å². The molecule has 1 amide bonds. The van der Waals surface area contributed by atoms with E-state index in [0.29, 0.717) is 5.92 Å². The van der Waals surface area contributed by atoms with E-state index in [1.165, 1.54) is 17.3 Å². The molecule has 0 aliphatic heterocycles. The number of nitrogens with one attached hydrogen (secondary N) is 1. The van der Waals surface area contributed by atoms with E-state index in [-0.39, 0.29) is 18.6 Å². The second-order valence-electron chi connectivity index (χ2n) is 5.09. The third kappa shape index (κ3) is 4.52. The molecule has 0 fully saturated rings. The standard InChI is InChI=1S/C16H23NO2/c1-6-17-15(18)10-19-16(11(2)3)14-8-7-12(4)13(5)9-14/h6-9,11,16H,1,10H2,2-5H3,(H,17,18). The molecule has 1 aromatic carbocycles. The van der Waals surface area contributed by atoms with E-state index in [0.717, 1.165) is 5.56 Å². The molecule has 1 N–H and O–H groups in total. The highest BCUT2D eigenvalue weighted by Crippen LogP contribution is 2.27. The number of carbonyl (C=O) groups excluding carboxylic acids is 1. The van der Waals surface area contributed by atoms with E-state index in [1.54, 1.807) is 0 Å². The molecular formula is C16H23NO2. The minimum absolute atomic E-state index is 0.0434. The first kappa shape index (κ1) is 15.4. The first-order valence-corrected chi connectivity index (χ1v) is 6.54. The lowest BCUT2D eigenvalue weighted by atomic mass is 9.96. The fourth-order valence-corrected chi connectivity index (χ4v) is 1.94. The maximum atomic E-state index is 11.4. The van der Waals surface area contributed by atoms with Gasteiger partial charge in [-0.2, -0.15) is 0 Å². The Balaban J connectivity index is 2.79. The molecule has 0 saturated heterocycles. The van der Waals surface area contributed by atoms with Crippen LogP contribution in [0.25, 0.3) is 0 Å². The second kappa shape index (κ2) is 7.10. The molecule has 1 unspecified atom stereocenters. The van der Waals surface area contributed by atoms with Gasteiger partial charge in [-0.05, 0) is 42.7 Å². The molecule has 0 spiro atoms. The van der Waals surface area contributed by atoms with Gasteiger partial charge in [0.15, 0.2) is 0 Å². The molecular weight excluding hydrogens is 238 g/mol. The van der Waals surface area contributed by atoms with Gasteiger partial charge in [0.25, 0.3) is 0 Å². The summed E-state index contributed by atoms with van der Waals surface area (Å²) in [5.41, 5.74) is 3.61. The van der Waals surface area contributed by atoms with E-state index in [9.17, 15) is 4.79 Å². The highest BCUT2D eigenvalue weighted by molar-refractivity contribution is 5.78. The molecule has 0 saturated carbocycles. The smallest absolute Gasteiger partial charge is 0.249 e. The van der Waals surface area contributed by atoms with E-state index < -0.39 is 0 Å². The number of carbonyl (C=O) groups is 1. The number of hydrogen-bond acceptors (Lipinski definition) is 2. The SMILES string of the molecule is C=CNC(=O)COC(c1ccc(C)c(C)c1)C(C)C. The van der Waals surface area contributed by atoms with Gasteiger partial charge >= 0.3 is 0 Å². The van der Waals surface area contributed by atoms with Crippen molar-refractivity contribution in [2.24, 2.45) is 5.92 Å². The molecule has 19 heavy (non-hydrogen) atoms. The summed E-state index contributed by atoms with van der Waals surface area (Å²) >= 11 is 0. The van der Waals surface area contributed by atoms with Crippen LogP contribution in [0.2, 0.25) is 0 Å². The second-order valence-corrected chi connectivity index (χ2v) is 5.09. The highest BCUT2D eigenvalue weighted by Gasteiger charge is 2.18. The molecule has 1 rings (SSSR count). The molecule has 3 heteroatoms. The van der Waals surface area contributed by atoms with Crippen LogP contribution >= 0.6 is 0 Å². The summed E-state index contributed by atoms with van der Waals surface area (Å²) in [5, 5.41) is 2.51. The van der Waals surface area contributed by atoms with Crippen molar-refractivity contribution in [2.45, 2.75) is 33.8 Å². The van der Waals surface area contributed by atoms with Gasteiger partial charge in [-0.1, -0.05) is 38.6 Å². The van der Waals surface area contributed by atoms with Crippen LogP contribution in [0.3, 0.4) is 0 Å². The Labute approximate surface area is 115 Å². The van der Waals surface area contributed by atoms with Gasteiger partial charge in [-0.25, -0.2) is 0 Å². The van der Waals surface area contributed by atoms with Gasteiger partial charge in [0.05, 0.1) is 6.10 Å². The van der Waals surface area contributed by atoms with E-state index in [1.807, 2.05) is 0 Å². The van der Waals surface area contributed by atoms with Crippen molar-refractivity contribution < 1.29 is 9.53 Å². The number of aryl methyl sites for hydroxylation is 2. The Morgan fingerprint density at radius 1 is 1.37 bits per heavy atom. The fourth-order valence-electron chi connectivity index (χ4n) is 1.94. The quantitative estimate of drug-likeness (QED) is 0.853. The molecule has 0 aromatic heterocycles. The van der Waals surface area contributed by atoms with Crippen molar-refractivity contribution in [3.63, 3.8) is 0 Å². The van der Waals surface area contributed by atoms with Crippen LogP contribution in [0.1, 0.15) is 36.6 Å². The topological polar surface area (TPSA) is 38.3 Å². The fraction of sp³-hybridized carbons (Fsp3) is 0.438. The zero-order valence-electron chi connectivity index (χ0n) is 12.2. The summed E-state index contributed by atoms with van der Waals surface area (Å²) in [7, 11) is 0. The normalized spacial score (nSPS) is 12.3. The minimum Gasteiger partial charge on any atom is -0.363 e. The Hall–Kier alpha value is -1.61. The summed E-state index contributed by atoms with van der Waals surface area (Å²) in [6.07, 6.45) is 1.29. The zero-order chi connectivity index (χ0) is 14.4. The van der Waals surface area contributed by atoms with Crippen LogP contribution in [0.4, 0.5) is 0 Å². The number of amides is 1. The van der Waals surface area contributed by atoms with Gasteiger partial charge in [0, 0.05) is 0 Å². The van der Waals surface area contributed by atoms with Crippen molar-refractivity contribution >= 4 is 5.91 Å². The third-order valence-electron chi connectivity index (χ3n) is 3.12. The number of rotatable bonds is 6. The Bertz CT molecular complexity index is 452. The molecule has 0 aliphatic carbocycles. The Kier molecular flexibility index (Phi) is 5.77. The molecule has 1 aromatic rings. The number of hydrogen-bond donors (Lipinski definition) is 1. The monoisotopic (exact) mass is 261 g/mol. The van der Waals surface area contributed by atoms with Gasteiger partial charge in [0.1, 0.15) is 6.61 Å². The van der Waals surface area contributed by atoms with Crippen molar-refractivity contribution in [3.8, 4) is 0 Å². The van der Waals surface area contributed by atoms with E-state index in [2.05, 4.69) is 57.8 Å². The molecule has 0 aliphatic rings. The van der Waals surface area contributed by atoms with Crippen LogP contribution in [0.15, 0.2) is 31.0 Å². The first-order valence-electron chi connectivity index (χ1n) is 6.54. The van der Waals surface area contributed by atoms with Crippen LogP contribution in [0, 0.1) is 19.8 Å². The summed E-state index contributed by atoms with van der Waals surface area (Å²) in [6.45, 7) is 11.8. The van der Waals surface area contributed by atoms with Gasteiger partial charge in [-0.15, -0.1) is 0 Å². The maximum absolute atomic E-state index is 11.4. The summed E-state index contributed by atoms with van der Waals surface area (Å²) in [4.78, 5) is 11.4. The predicted octanol–water partition coefficient (Wildman–Crippen LogP) is 3.28.